The van der Waals surface area contributed by atoms with E-state index in [2.05, 4.69) is 0 Å². The quantitative estimate of drug-likeness (QED) is 0.511. The van der Waals surface area contributed by atoms with E-state index in [-0.39, 0.29) is 8.81 Å². The molecule has 1 aliphatic rings. The van der Waals surface area contributed by atoms with Crippen molar-refractivity contribution in [1.29, 1.82) is 0 Å². The lowest BCUT2D eigenvalue weighted by molar-refractivity contribution is 0.651. The van der Waals surface area contributed by atoms with E-state index in [1.807, 2.05) is 18.2 Å². The average molecular weight is 114 g/mol. The monoisotopic (exact) mass is 114 g/mol. The molecule has 1 N–H and O–H groups in total. The SMILES string of the molecule is OPC1=CC=CC1. The Morgan fingerprint density at radius 1 is 1.71 bits per heavy atom. The van der Waals surface area contributed by atoms with Crippen molar-refractivity contribution < 1.29 is 4.89 Å². The maximum Gasteiger partial charge on any atom is 0.0381 e. The molecule has 38 valence electrons. The fraction of sp³-hybridized carbons (Fsp3) is 0.200. The molecule has 1 unspecified atom stereocenters. The van der Waals surface area contributed by atoms with Crippen LogP contribution in [0.15, 0.2) is 23.5 Å². The first kappa shape index (κ1) is 5.02. The van der Waals surface area contributed by atoms with Crippen molar-refractivity contribution in [3.8, 4) is 0 Å². The molecule has 1 aliphatic carbocycles. The van der Waals surface area contributed by atoms with Crippen molar-refractivity contribution in [2.24, 2.45) is 0 Å². The third-order valence-corrected chi connectivity index (χ3v) is 1.57. The maximum absolute atomic E-state index is 8.49. The summed E-state index contributed by atoms with van der Waals surface area (Å²) in [6, 6.07) is 0. The van der Waals surface area contributed by atoms with Gasteiger partial charge in [-0.3, -0.25) is 0 Å². The van der Waals surface area contributed by atoms with Gasteiger partial charge >= 0.3 is 0 Å². The Kier molecular flexibility index (Phi) is 1.61. The molecule has 0 aliphatic heterocycles. The summed E-state index contributed by atoms with van der Waals surface area (Å²) in [6.45, 7) is 0. The van der Waals surface area contributed by atoms with Crippen molar-refractivity contribution in [2.45, 2.75) is 6.42 Å². The highest BCUT2D eigenvalue weighted by molar-refractivity contribution is 7.36. The van der Waals surface area contributed by atoms with Gasteiger partial charge in [-0.05, 0) is 11.7 Å². The summed E-state index contributed by atoms with van der Waals surface area (Å²) in [5.41, 5.74) is 0. The zero-order valence-corrected chi connectivity index (χ0v) is 4.89. The van der Waals surface area contributed by atoms with Gasteiger partial charge in [-0.1, -0.05) is 18.2 Å². The molecule has 7 heavy (non-hydrogen) atoms. The number of hydrogen-bond donors (Lipinski definition) is 1. The van der Waals surface area contributed by atoms with Crippen LogP contribution in [0.4, 0.5) is 0 Å². The number of allylic oxidation sites excluding steroid dienone is 4. The van der Waals surface area contributed by atoms with Crippen LogP contribution in [0.5, 0.6) is 0 Å². The minimum atomic E-state index is 0.0100. The molecular weight excluding hydrogens is 107 g/mol. The second kappa shape index (κ2) is 2.25. The Morgan fingerprint density at radius 3 is 2.86 bits per heavy atom. The molecule has 0 fully saturated rings. The van der Waals surface area contributed by atoms with Crippen LogP contribution in [0.3, 0.4) is 0 Å². The van der Waals surface area contributed by atoms with Crippen LogP contribution in [-0.2, 0) is 0 Å². The maximum atomic E-state index is 8.49. The number of rotatable bonds is 1. The van der Waals surface area contributed by atoms with Gasteiger partial charge in [0.05, 0.1) is 0 Å². The number of hydrogen-bond acceptors (Lipinski definition) is 1. The van der Waals surface area contributed by atoms with Crippen molar-refractivity contribution in [3.63, 3.8) is 0 Å². The summed E-state index contributed by atoms with van der Waals surface area (Å²) >= 11 is 0. The molecule has 0 aromatic rings. The summed E-state index contributed by atoms with van der Waals surface area (Å²) in [5, 5.41) is 1.14. The zero-order chi connectivity index (χ0) is 5.11. The average Bonchev–Trinajstić information content (AvgIpc) is 2.14. The van der Waals surface area contributed by atoms with Crippen LogP contribution >= 0.6 is 8.81 Å². The minimum Gasteiger partial charge on any atom is -0.373 e. The lowest BCUT2D eigenvalue weighted by atomic mass is 10.5. The third kappa shape index (κ3) is 1.12. The molecule has 1 rings (SSSR count). The molecule has 0 aromatic carbocycles. The van der Waals surface area contributed by atoms with Gasteiger partial charge in [-0.2, -0.15) is 0 Å². The summed E-state index contributed by atoms with van der Waals surface area (Å²) < 4.78 is 0. The van der Waals surface area contributed by atoms with Crippen LogP contribution in [0.2, 0.25) is 0 Å². The Balaban J connectivity index is 2.45. The Hall–Kier alpha value is -0.130. The zero-order valence-electron chi connectivity index (χ0n) is 3.89. The van der Waals surface area contributed by atoms with E-state index in [1.54, 1.807) is 0 Å². The van der Waals surface area contributed by atoms with E-state index < -0.39 is 0 Å². The van der Waals surface area contributed by atoms with Crippen molar-refractivity contribution in [3.05, 3.63) is 23.5 Å². The lowest BCUT2D eigenvalue weighted by Gasteiger charge is -1.87. The highest BCUT2D eigenvalue weighted by Crippen LogP contribution is 2.25. The third-order valence-electron chi connectivity index (χ3n) is 0.915. The van der Waals surface area contributed by atoms with Gasteiger partial charge in [-0.25, -0.2) is 0 Å². The molecule has 0 saturated heterocycles. The van der Waals surface area contributed by atoms with Crippen LogP contribution < -0.4 is 0 Å². The topological polar surface area (TPSA) is 20.2 Å². The molecule has 0 heterocycles. The first-order valence-corrected chi connectivity index (χ1v) is 3.14. The van der Waals surface area contributed by atoms with Crippen molar-refractivity contribution >= 4 is 8.81 Å². The summed E-state index contributed by atoms with van der Waals surface area (Å²) in [4.78, 5) is 8.49. The van der Waals surface area contributed by atoms with E-state index in [0.29, 0.717) is 0 Å². The van der Waals surface area contributed by atoms with Crippen molar-refractivity contribution in [1.82, 2.24) is 0 Å². The van der Waals surface area contributed by atoms with Crippen molar-refractivity contribution in [2.75, 3.05) is 0 Å². The van der Waals surface area contributed by atoms with Gasteiger partial charge in [-0.15, -0.1) is 0 Å². The molecule has 1 atom stereocenters. The molecule has 0 spiro atoms. The predicted molar refractivity (Wildman–Crippen MR) is 32.4 cm³/mol. The lowest BCUT2D eigenvalue weighted by Crippen LogP contribution is -1.59. The van der Waals surface area contributed by atoms with E-state index in [4.69, 9.17) is 4.89 Å². The van der Waals surface area contributed by atoms with Crippen LogP contribution in [0.1, 0.15) is 6.42 Å². The Labute approximate surface area is 44.6 Å². The highest BCUT2D eigenvalue weighted by atomic mass is 31.1. The molecule has 0 amide bonds. The van der Waals surface area contributed by atoms with Crippen LogP contribution in [-0.4, -0.2) is 4.89 Å². The largest absolute Gasteiger partial charge is 0.373 e. The first-order chi connectivity index (χ1) is 3.43. The highest BCUT2D eigenvalue weighted by Gasteiger charge is 1.93. The molecule has 0 aromatic heterocycles. The molecule has 2 heteroatoms. The van der Waals surface area contributed by atoms with E-state index in [0.717, 1.165) is 11.7 Å². The van der Waals surface area contributed by atoms with Gasteiger partial charge in [0.1, 0.15) is 0 Å². The second-order valence-electron chi connectivity index (χ2n) is 1.44. The summed E-state index contributed by atoms with van der Waals surface area (Å²) in [5.74, 6) is 0. The Bertz CT molecular complexity index is 115. The van der Waals surface area contributed by atoms with Gasteiger partial charge in [0.15, 0.2) is 0 Å². The molecule has 0 radical (unpaired) electrons. The van der Waals surface area contributed by atoms with Gasteiger partial charge in [0, 0.05) is 8.81 Å². The normalized spacial score (nSPS) is 19.3. The minimum absolute atomic E-state index is 0.0100. The summed E-state index contributed by atoms with van der Waals surface area (Å²) in [7, 11) is 0.0100. The first-order valence-electron chi connectivity index (χ1n) is 2.19. The predicted octanol–water partition coefficient (Wildman–Crippen LogP) is 1.42. The van der Waals surface area contributed by atoms with E-state index >= 15 is 0 Å². The molecular formula is C5H7OP. The molecule has 1 nitrogen and oxygen atoms in total. The van der Waals surface area contributed by atoms with Crippen LogP contribution in [0.25, 0.3) is 0 Å². The van der Waals surface area contributed by atoms with Gasteiger partial charge in [0.25, 0.3) is 0 Å². The van der Waals surface area contributed by atoms with Crippen LogP contribution in [0, 0.1) is 0 Å². The second-order valence-corrected chi connectivity index (χ2v) is 2.30. The van der Waals surface area contributed by atoms with Gasteiger partial charge in [0.2, 0.25) is 0 Å². The molecule has 0 bridgehead atoms. The summed E-state index contributed by atoms with van der Waals surface area (Å²) in [6.07, 6.45) is 6.92. The van der Waals surface area contributed by atoms with Gasteiger partial charge < -0.3 is 4.89 Å². The smallest absolute Gasteiger partial charge is 0.0381 e. The standard InChI is InChI=1S/C5H7OP/c6-7-5-3-1-2-4-5/h1-3,6-7H,4H2. The Morgan fingerprint density at radius 2 is 2.57 bits per heavy atom. The fourth-order valence-electron chi connectivity index (χ4n) is 0.530. The van der Waals surface area contributed by atoms with E-state index in [1.165, 1.54) is 0 Å². The molecule has 0 saturated carbocycles. The fourth-order valence-corrected chi connectivity index (χ4v) is 0.910. The van der Waals surface area contributed by atoms with E-state index in [9.17, 15) is 0 Å².